The third-order valence-electron chi connectivity index (χ3n) is 9.01. The molecule has 1 aliphatic heterocycles. The summed E-state index contributed by atoms with van der Waals surface area (Å²) in [6.45, 7) is 4.25. The van der Waals surface area contributed by atoms with Gasteiger partial charge >= 0.3 is 23.9 Å². The van der Waals surface area contributed by atoms with Crippen molar-refractivity contribution >= 4 is 23.9 Å². The van der Waals surface area contributed by atoms with Gasteiger partial charge in [-0.15, -0.1) is 0 Å². The summed E-state index contributed by atoms with van der Waals surface area (Å²) in [5.74, 6) is -1.76. The Hall–Kier alpha value is -2.38. The first-order valence-electron chi connectivity index (χ1n) is 12.1. The molecule has 33 heavy (non-hydrogen) atoms. The molecule has 0 saturated heterocycles. The highest BCUT2D eigenvalue weighted by atomic mass is 16.7. The molecule has 1 spiro atoms. The minimum atomic E-state index is -1.24. The predicted molar refractivity (Wildman–Crippen MR) is 113 cm³/mol. The lowest BCUT2D eigenvalue weighted by Crippen LogP contribution is -2.52. The molecule has 0 N–H and O–H groups in total. The van der Waals surface area contributed by atoms with E-state index < -0.39 is 23.3 Å². The minimum Gasteiger partial charge on any atom is -0.462 e. The first-order valence-corrected chi connectivity index (χ1v) is 12.1. The Labute approximate surface area is 193 Å². The molecule has 5 aliphatic rings. The van der Waals surface area contributed by atoms with Gasteiger partial charge in [-0.05, 0) is 68.1 Å². The van der Waals surface area contributed by atoms with E-state index in [1.165, 1.54) is 20.8 Å². The normalized spacial score (nSPS) is 42.8. The monoisotopic (exact) mass is 460 g/mol. The second kappa shape index (κ2) is 7.57. The lowest BCUT2D eigenvalue weighted by Gasteiger charge is -2.55. The summed E-state index contributed by atoms with van der Waals surface area (Å²) in [6.07, 6.45) is 8.21. The van der Waals surface area contributed by atoms with Gasteiger partial charge in [0.15, 0.2) is 0 Å². The van der Waals surface area contributed by atoms with E-state index in [1.54, 1.807) is 6.08 Å². The van der Waals surface area contributed by atoms with E-state index in [0.29, 0.717) is 24.7 Å². The molecule has 4 saturated carbocycles. The van der Waals surface area contributed by atoms with Crippen LogP contribution in [0.25, 0.3) is 0 Å². The van der Waals surface area contributed by atoms with Gasteiger partial charge in [-0.3, -0.25) is 14.4 Å². The highest BCUT2D eigenvalue weighted by Gasteiger charge is 2.67. The van der Waals surface area contributed by atoms with Gasteiger partial charge in [0.05, 0.1) is 0 Å². The lowest BCUT2D eigenvalue weighted by molar-refractivity contribution is -0.219. The Morgan fingerprint density at radius 2 is 1.76 bits per heavy atom. The van der Waals surface area contributed by atoms with Crippen molar-refractivity contribution in [2.45, 2.75) is 83.5 Å². The minimum absolute atomic E-state index is 0.0190. The van der Waals surface area contributed by atoms with Crippen molar-refractivity contribution in [1.82, 2.24) is 0 Å². The van der Waals surface area contributed by atoms with Crippen LogP contribution in [0.2, 0.25) is 0 Å². The number of rotatable bonds is 4. The van der Waals surface area contributed by atoms with Gasteiger partial charge in [0.2, 0.25) is 0 Å². The second-order valence-electron chi connectivity index (χ2n) is 10.8. The first kappa shape index (κ1) is 22.4. The summed E-state index contributed by atoms with van der Waals surface area (Å²) < 4.78 is 22.5. The summed E-state index contributed by atoms with van der Waals surface area (Å²) in [5, 5.41) is 0. The van der Waals surface area contributed by atoms with Crippen LogP contribution in [0.5, 0.6) is 0 Å². The Kier molecular flexibility index (Phi) is 5.14. The summed E-state index contributed by atoms with van der Waals surface area (Å²) in [5.41, 5.74) is 0.0756. The van der Waals surface area contributed by atoms with E-state index in [4.69, 9.17) is 18.9 Å². The molecule has 4 aliphatic carbocycles. The van der Waals surface area contributed by atoms with Gasteiger partial charge in [0.1, 0.15) is 12.2 Å². The topological polar surface area (TPSA) is 105 Å². The van der Waals surface area contributed by atoms with E-state index in [-0.39, 0.29) is 35.8 Å². The lowest BCUT2D eigenvalue weighted by atomic mass is 9.50. The number of esters is 4. The molecule has 2 bridgehead atoms. The predicted octanol–water partition coefficient (Wildman–Crippen LogP) is 3.22. The zero-order valence-corrected chi connectivity index (χ0v) is 19.5. The molecule has 2 unspecified atom stereocenters. The zero-order valence-electron chi connectivity index (χ0n) is 19.5. The van der Waals surface area contributed by atoms with E-state index in [9.17, 15) is 19.2 Å². The number of carbonyl (C=O) groups excluding carboxylic acids is 4. The third kappa shape index (κ3) is 3.48. The van der Waals surface area contributed by atoms with Gasteiger partial charge in [0, 0.05) is 44.8 Å². The number of carbonyl (C=O) groups is 4. The fourth-order valence-electron chi connectivity index (χ4n) is 8.21. The smallest absolute Gasteiger partial charge is 0.334 e. The van der Waals surface area contributed by atoms with Gasteiger partial charge in [-0.25, -0.2) is 4.79 Å². The summed E-state index contributed by atoms with van der Waals surface area (Å²) in [6, 6.07) is 0. The van der Waals surface area contributed by atoms with Crippen LogP contribution >= 0.6 is 0 Å². The number of fused-ring (bicyclic) bond motifs is 5. The van der Waals surface area contributed by atoms with Crippen LogP contribution in [-0.2, 0) is 38.1 Å². The molecule has 0 radical (unpaired) electrons. The highest BCUT2D eigenvalue weighted by molar-refractivity contribution is 5.87. The average Bonchev–Trinajstić information content (AvgIpc) is 3.16. The largest absolute Gasteiger partial charge is 0.462 e. The quantitative estimate of drug-likeness (QED) is 0.465. The van der Waals surface area contributed by atoms with Crippen molar-refractivity contribution in [2.75, 3.05) is 6.61 Å². The Morgan fingerprint density at radius 3 is 2.45 bits per heavy atom. The molecule has 5 rings (SSSR count). The maximum Gasteiger partial charge on any atom is 0.334 e. The average molecular weight is 461 g/mol. The van der Waals surface area contributed by atoms with Crippen molar-refractivity contribution in [1.29, 1.82) is 0 Å². The molecule has 0 aromatic rings. The third-order valence-corrected chi connectivity index (χ3v) is 9.01. The zero-order chi connectivity index (χ0) is 23.6. The molecule has 4 fully saturated rings. The summed E-state index contributed by atoms with van der Waals surface area (Å²) in [4.78, 5) is 47.6. The molecule has 8 nitrogen and oxygen atoms in total. The van der Waals surface area contributed by atoms with Crippen LogP contribution in [0.1, 0.15) is 72.1 Å². The molecular formula is C25H32O8. The molecular weight excluding hydrogens is 428 g/mol. The molecule has 8 heteroatoms. The van der Waals surface area contributed by atoms with E-state index in [0.717, 1.165) is 44.1 Å². The molecule has 0 amide bonds. The number of hydrogen-bond donors (Lipinski definition) is 0. The van der Waals surface area contributed by atoms with Crippen molar-refractivity contribution < 1.29 is 38.1 Å². The standard InChI is InChI=1S/C25H32O8/c1-14(26)30-13-24(31-15(2)27)12-23-8-6-19-18(20(23)5-4-17(24)11-23)7-9-25(32-16(3)28)21(19)10-22(29)33-25/h10,17-20H,4-9,11-13H2,1-3H3/t17-,18-,19?,20?,23+,24+,25-/m1/s1. The fraction of sp³-hybridized carbons (Fsp3) is 0.760. The van der Waals surface area contributed by atoms with Crippen LogP contribution in [0.15, 0.2) is 11.6 Å². The van der Waals surface area contributed by atoms with Crippen LogP contribution in [0.3, 0.4) is 0 Å². The maximum absolute atomic E-state index is 12.2. The second-order valence-corrected chi connectivity index (χ2v) is 10.8. The maximum atomic E-state index is 12.2. The van der Waals surface area contributed by atoms with Gasteiger partial charge in [0.25, 0.3) is 5.79 Å². The van der Waals surface area contributed by atoms with Crippen molar-refractivity contribution in [2.24, 2.45) is 29.1 Å². The van der Waals surface area contributed by atoms with Gasteiger partial charge in [-0.1, -0.05) is 0 Å². The SMILES string of the molecule is CC(=O)OC[C@@]1(OC(C)=O)C[C@@]23CCC4C5=CC(=O)O[C@]5(OC(C)=O)CC[C@H]4C2CC[C@@H]1C3. The van der Waals surface area contributed by atoms with Crippen LogP contribution in [0, 0.1) is 29.1 Å². The van der Waals surface area contributed by atoms with E-state index in [1.807, 2.05) is 0 Å². The van der Waals surface area contributed by atoms with Crippen LogP contribution < -0.4 is 0 Å². The summed E-state index contributed by atoms with van der Waals surface area (Å²) in [7, 11) is 0. The van der Waals surface area contributed by atoms with Crippen molar-refractivity contribution in [3.8, 4) is 0 Å². The van der Waals surface area contributed by atoms with Crippen molar-refractivity contribution in [3.63, 3.8) is 0 Å². The molecule has 0 aromatic heterocycles. The Bertz CT molecular complexity index is 939. The first-order chi connectivity index (χ1) is 15.6. The number of ether oxygens (including phenoxy) is 4. The van der Waals surface area contributed by atoms with Crippen molar-refractivity contribution in [3.05, 3.63) is 11.6 Å². The molecule has 7 atom stereocenters. The summed E-state index contributed by atoms with van der Waals surface area (Å²) >= 11 is 0. The van der Waals surface area contributed by atoms with Crippen LogP contribution in [-0.4, -0.2) is 41.9 Å². The Balaban J connectivity index is 1.43. The number of hydrogen-bond acceptors (Lipinski definition) is 8. The van der Waals surface area contributed by atoms with Gasteiger partial charge < -0.3 is 18.9 Å². The van der Waals surface area contributed by atoms with Crippen LogP contribution in [0.4, 0.5) is 0 Å². The highest BCUT2D eigenvalue weighted by Crippen LogP contribution is 2.69. The van der Waals surface area contributed by atoms with E-state index >= 15 is 0 Å². The van der Waals surface area contributed by atoms with Gasteiger partial charge in [-0.2, -0.15) is 0 Å². The molecule has 1 heterocycles. The van der Waals surface area contributed by atoms with E-state index in [2.05, 4.69) is 0 Å². The molecule has 180 valence electrons. The Morgan fingerprint density at radius 1 is 1.00 bits per heavy atom. The fourth-order valence-corrected chi connectivity index (χ4v) is 8.21. The molecule has 0 aromatic carbocycles.